The third-order valence-corrected chi connectivity index (χ3v) is 6.94. The summed E-state index contributed by atoms with van der Waals surface area (Å²) in [5, 5.41) is 3.34. The molecule has 2 amide bonds. The number of urea groups is 1. The van der Waals surface area contributed by atoms with Gasteiger partial charge in [-0.1, -0.05) is 13.8 Å². The van der Waals surface area contributed by atoms with Crippen molar-refractivity contribution in [2.24, 2.45) is 35.0 Å². The Bertz CT molecular complexity index is 401. The van der Waals surface area contributed by atoms with Crippen LogP contribution in [-0.2, 0) is 0 Å². The van der Waals surface area contributed by atoms with Crippen LogP contribution in [0.1, 0.15) is 58.8 Å². The van der Waals surface area contributed by atoms with Crippen LogP contribution in [0.5, 0.6) is 0 Å². The van der Waals surface area contributed by atoms with Crippen molar-refractivity contribution in [2.45, 2.75) is 58.8 Å². The van der Waals surface area contributed by atoms with Crippen molar-refractivity contribution >= 4 is 6.03 Å². The topological polar surface area (TPSA) is 32.3 Å². The summed E-state index contributed by atoms with van der Waals surface area (Å²) in [4.78, 5) is 14.7. The molecule has 3 heteroatoms. The standard InChI is InChI=1S/C19H32N2O/c1-13-3-14(2)11-21(10-13)18(22)20-12-19-7-15-4-16(8-19)6-17(5-15)9-19/h13-17H,3-12H2,1-2H3,(H,20,22)/t13-,14-,15?,16?,17?,19?/m0/s1. The van der Waals surface area contributed by atoms with Crippen molar-refractivity contribution < 1.29 is 4.79 Å². The van der Waals surface area contributed by atoms with Gasteiger partial charge in [-0.25, -0.2) is 4.79 Å². The molecule has 5 fully saturated rings. The molecule has 5 rings (SSSR count). The van der Waals surface area contributed by atoms with E-state index in [9.17, 15) is 4.79 Å². The first kappa shape index (κ1) is 14.8. The molecular formula is C19H32N2O. The number of nitrogens with one attached hydrogen (secondary N) is 1. The maximum atomic E-state index is 12.6. The second-order valence-corrected chi connectivity index (χ2v) is 9.43. The number of hydrogen-bond acceptors (Lipinski definition) is 1. The third kappa shape index (κ3) is 2.76. The molecule has 0 aromatic carbocycles. The summed E-state index contributed by atoms with van der Waals surface area (Å²) in [6.07, 6.45) is 9.85. The highest BCUT2D eigenvalue weighted by Crippen LogP contribution is 2.59. The van der Waals surface area contributed by atoms with Gasteiger partial charge in [-0.3, -0.25) is 0 Å². The Hall–Kier alpha value is -0.730. The third-order valence-electron chi connectivity index (χ3n) is 6.94. The quantitative estimate of drug-likeness (QED) is 0.824. The molecule has 5 aliphatic rings. The van der Waals surface area contributed by atoms with E-state index in [1.807, 2.05) is 0 Å². The Morgan fingerprint density at radius 2 is 1.45 bits per heavy atom. The molecule has 2 atom stereocenters. The fourth-order valence-corrected chi connectivity index (χ4v) is 6.71. The lowest BCUT2D eigenvalue weighted by molar-refractivity contribution is -0.0504. The van der Waals surface area contributed by atoms with Crippen molar-refractivity contribution in [3.05, 3.63) is 0 Å². The number of likely N-dealkylation sites (tertiary alicyclic amines) is 1. The van der Waals surface area contributed by atoms with E-state index in [-0.39, 0.29) is 6.03 Å². The Morgan fingerprint density at radius 3 is 1.95 bits per heavy atom. The van der Waals surface area contributed by atoms with Crippen molar-refractivity contribution in [3.8, 4) is 0 Å². The van der Waals surface area contributed by atoms with Crippen molar-refractivity contribution in [1.29, 1.82) is 0 Å². The van der Waals surface area contributed by atoms with E-state index >= 15 is 0 Å². The van der Waals surface area contributed by atoms with E-state index in [0.717, 1.165) is 37.4 Å². The van der Waals surface area contributed by atoms with E-state index < -0.39 is 0 Å². The van der Waals surface area contributed by atoms with Gasteiger partial charge in [0.1, 0.15) is 0 Å². The van der Waals surface area contributed by atoms with Gasteiger partial charge in [0.15, 0.2) is 0 Å². The Labute approximate surface area is 135 Å². The molecule has 124 valence electrons. The van der Waals surface area contributed by atoms with Crippen LogP contribution in [-0.4, -0.2) is 30.6 Å². The highest BCUT2D eigenvalue weighted by atomic mass is 16.2. The van der Waals surface area contributed by atoms with Crippen LogP contribution in [0.4, 0.5) is 4.79 Å². The summed E-state index contributed by atoms with van der Waals surface area (Å²) >= 11 is 0. The van der Waals surface area contributed by atoms with E-state index in [1.165, 1.54) is 44.9 Å². The molecule has 0 unspecified atom stereocenters. The van der Waals surface area contributed by atoms with Gasteiger partial charge in [0.25, 0.3) is 0 Å². The average molecular weight is 304 g/mol. The molecule has 1 saturated heterocycles. The SMILES string of the molecule is C[C@H]1C[C@H](C)CN(C(=O)NCC23CC4CC(CC(C4)C2)C3)C1. The van der Waals surface area contributed by atoms with Crippen LogP contribution < -0.4 is 5.32 Å². The van der Waals surface area contributed by atoms with Crippen molar-refractivity contribution in [3.63, 3.8) is 0 Å². The Kier molecular flexibility index (Phi) is 3.65. The largest absolute Gasteiger partial charge is 0.337 e. The Morgan fingerprint density at radius 1 is 0.955 bits per heavy atom. The number of amides is 2. The lowest BCUT2D eigenvalue weighted by atomic mass is 9.49. The van der Waals surface area contributed by atoms with Gasteiger partial charge in [0.05, 0.1) is 0 Å². The van der Waals surface area contributed by atoms with Gasteiger partial charge in [-0.05, 0) is 80.0 Å². The molecule has 0 aromatic rings. The lowest BCUT2D eigenvalue weighted by Gasteiger charge is -2.57. The highest BCUT2D eigenvalue weighted by molar-refractivity contribution is 5.74. The fourth-order valence-electron chi connectivity index (χ4n) is 6.71. The zero-order valence-corrected chi connectivity index (χ0v) is 14.3. The summed E-state index contributed by atoms with van der Waals surface area (Å²) in [5.74, 6) is 4.21. The van der Waals surface area contributed by atoms with E-state index in [1.54, 1.807) is 0 Å². The van der Waals surface area contributed by atoms with Gasteiger partial charge in [0.2, 0.25) is 0 Å². The van der Waals surface area contributed by atoms with Gasteiger partial charge < -0.3 is 10.2 Å². The van der Waals surface area contributed by atoms with Crippen molar-refractivity contribution in [1.82, 2.24) is 10.2 Å². The van der Waals surface area contributed by atoms with Crippen LogP contribution >= 0.6 is 0 Å². The zero-order valence-electron chi connectivity index (χ0n) is 14.3. The van der Waals surface area contributed by atoms with Gasteiger partial charge in [-0.15, -0.1) is 0 Å². The van der Waals surface area contributed by atoms with Crippen LogP contribution in [0.25, 0.3) is 0 Å². The monoisotopic (exact) mass is 304 g/mol. The van der Waals surface area contributed by atoms with Crippen LogP contribution in [0.2, 0.25) is 0 Å². The zero-order chi connectivity index (χ0) is 15.3. The summed E-state index contributed by atoms with van der Waals surface area (Å²) in [6, 6.07) is 0.203. The van der Waals surface area contributed by atoms with Gasteiger partial charge >= 0.3 is 6.03 Å². The number of hydrogen-bond donors (Lipinski definition) is 1. The first-order valence-electron chi connectivity index (χ1n) is 9.54. The lowest BCUT2D eigenvalue weighted by Crippen LogP contribution is -2.54. The minimum absolute atomic E-state index is 0.203. The van der Waals surface area contributed by atoms with Crippen LogP contribution in [0.15, 0.2) is 0 Å². The molecule has 1 aliphatic heterocycles. The second kappa shape index (κ2) is 5.42. The Balaban J connectivity index is 1.35. The smallest absolute Gasteiger partial charge is 0.317 e. The molecule has 1 heterocycles. The minimum Gasteiger partial charge on any atom is -0.337 e. The van der Waals surface area contributed by atoms with Crippen LogP contribution in [0.3, 0.4) is 0 Å². The summed E-state index contributed by atoms with van der Waals surface area (Å²) in [5.41, 5.74) is 0.456. The maximum absolute atomic E-state index is 12.6. The number of carbonyl (C=O) groups is 1. The first-order chi connectivity index (χ1) is 10.5. The fraction of sp³-hybridized carbons (Fsp3) is 0.947. The predicted octanol–water partition coefficient (Wildman–Crippen LogP) is 3.89. The second-order valence-electron chi connectivity index (χ2n) is 9.43. The summed E-state index contributed by atoms with van der Waals surface area (Å²) < 4.78 is 0. The number of piperidine rings is 1. The minimum atomic E-state index is 0.203. The highest BCUT2D eigenvalue weighted by Gasteiger charge is 2.50. The first-order valence-corrected chi connectivity index (χ1v) is 9.54. The summed E-state index contributed by atoms with van der Waals surface area (Å²) in [6.45, 7) is 7.37. The number of rotatable bonds is 2. The molecule has 4 bridgehead atoms. The van der Waals surface area contributed by atoms with E-state index in [0.29, 0.717) is 17.3 Å². The number of nitrogens with zero attached hydrogens (tertiary/aromatic N) is 1. The molecule has 0 radical (unpaired) electrons. The molecule has 0 spiro atoms. The molecule has 1 N–H and O–H groups in total. The van der Waals surface area contributed by atoms with E-state index in [4.69, 9.17) is 0 Å². The molecule has 22 heavy (non-hydrogen) atoms. The average Bonchev–Trinajstić information content (AvgIpc) is 2.42. The molecule has 4 aliphatic carbocycles. The molecular weight excluding hydrogens is 272 g/mol. The number of carbonyl (C=O) groups excluding carboxylic acids is 1. The normalized spacial score (nSPS) is 46.8. The predicted molar refractivity (Wildman–Crippen MR) is 88.5 cm³/mol. The van der Waals surface area contributed by atoms with Gasteiger partial charge in [0, 0.05) is 19.6 Å². The van der Waals surface area contributed by atoms with E-state index in [2.05, 4.69) is 24.1 Å². The maximum Gasteiger partial charge on any atom is 0.317 e. The molecule has 4 saturated carbocycles. The molecule has 0 aromatic heterocycles. The molecule has 3 nitrogen and oxygen atoms in total. The summed E-state index contributed by atoms with van der Waals surface area (Å²) in [7, 11) is 0. The van der Waals surface area contributed by atoms with Gasteiger partial charge in [-0.2, -0.15) is 0 Å². The van der Waals surface area contributed by atoms with Crippen molar-refractivity contribution in [2.75, 3.05) is 19.6 Å². The van der Waals surface area contributed by atoms with Crippen LogP contribution in [0, 0.1) is 35.0 Å².